The minimum atomic E-state index is -4.96. The lowest BCUT2D eigenvalue weighted by Gasteiger charge is -2.60. The number of carbonyl (C=O) groups is 1. The van der Waals surface area contributed by atoms with Crippen LogP contribution in [0.25, 0.3) is 0 Å². The molecule has 4 saturated carbocycles. The van der Waals surface area contributed by atoms with E-state index in [2.05, 4.69) is 0 Å². The summed E-state index contributed by atoms with van der Waals surface area (Å²) in [5, 5.41) is 0. The van der Waals surface area contributed by atoms with Gasteiger partial charge >= 0.3 is 12.1 Å². The first-order valence-corrected chi connectivity index (χ1v) is 8.94. The number of hydrogen-bond donors (Lipinski definition) is 1. The van der Waals surface area contributed by atoms with Gasteiger partial charge in [-0.15, -0.1) is 0 Å². The summed E-state index contributed by atoms with van der Waals surface area (Å²) in [6.07, 6.45) is 1.87. The molecule has 0 aromatic carbocycles. The minimum absolute atomic E-state index is 0.111. The Labute approximate surface area is 140 Å². The van der Waals surface area contributed by atoms with Gasteiger partial charge in [-0.05, 0) is 82.7 Å². The van der Waals surface area contributed by atoms with Gasteiger partial charge in [0.25, 0.3) is 0 Å². The lowest BCUT2D eigenvalue weighted by atomic mass is 9.52. The second-order valence-electron chi connectivity index (χ2n) is 8.04. The Hall–Kier alpha value is -0.820. The van der Waals surface area contributed by atoms with Gasteiger partial charge in [0.2, 0.25) is 0 Å². The lowest BCUT2D eigenvalue weighted by molar-refractivity contribution is -0.222. The molecule has 1 unspecified atom stereocenters. The molecule has 0 aliphatic heterocycles. The lowest BCUT2D eigenvalue weighted by Crippen LogP contribution is -2.62. The van der Waals surface area contributed by atoms with Gasteiger partial charge in [-0.25, -0.2) is 4.79 Å². The predicted octanol–water partition coefficient (Wildman–Crippen LogP) is 3.06. The molecule has 7 heteroatoms. The number of nitrogens with zero attached hydrogens (tertiary/aromatic N) is 1. The summed E-state index contributed by atoms with van der Waals surface area (Å²) in [7, 11) is 1.83. The van der Waals surface area contributed by atoms with E-state index in [1.54, 1.807) is 0 Å². The van der Waals surface area contributed by atoms with Crippen LogP contribution in [0.4, 0.5) is 13.2 Å². The molecule has 2 N–H and O–H groups in total. The van der Waals surface area contributed by atoms with Gasteiger partial charge in [-0.3, -0.25) is 4.90 Å². The molecule has 0 aromatic heterocycles. The van der Waals surface area contributed by atoms with E-state index in [-0.39, 0.29) is 5.54 Å². The maximum atomic E-state index is 12.6. The van der Waals surface area contributed by atoms with Gasteiger partial charge in [0.15, 0.2) is 6.23 Å². The van der Waals surface area contributed by atoms with Gasteiger partial charge in [-0.2, -0.15) is 13.2 Å². The zero-order chi connectivity index (χ0) is 17.5. The van der Waals surface area contributed by atoms with Crippen LogP contribution in [0.3, 0.4) is 0 Å². The molecule has 0 amide bonds. The van der Waals surface area contributed by atoms with E-state index in [1.165, 1.54) is 19.3 Å². The van der Waals surface area contributed by atoms with Gasteiger partial charge in [0.05, 0.1) is 0 Å². The molecule has 4 bridgehead atoms. The highest BCUT2D eigenvalue weighted by atomic mass is 19.4. The topological polar surface area (TPSA) is 55.6 Å². The molecular weight excluding hydrogens is 321 g/mol. The second-order valence-corrected chi connectivity index (χ2v) is 8.04. The van der Waals surface area contributed by atoms with Crippen molar-refractivity contribution in [2.24, 2.45) is 23.5 Å². The molecule has 24 heavy (non-hydrogen) atoms. The molecule has 4 aliphatic carbocycles. The van der Waals surface area contributed by atoms with Crippen molar-refractivity contribution in [3.05, 3.63) is 0 Å². The van der Waals surface area contributed by atoms with Crippen molar-refractivity contribution in [2.45, 2.75) is 69.3 Å². The summed E-state index contributed by atoms with van der Waals surface area (Å²) >= 11 is 0. The summed E-state index contributed by atoms with van der Waals surface area (Å²) in [6.45, 7) is 0.370. The first-order valence-electron chi connectivity index (χ1n) is 8.94. The fourth-order valence-electron chi connectivity index (χ4n) is 5.62. The zero-order valence-electron chi connectivity index (χ0n) is 14.1. The van der Waals surface area contributed by atoms with E-state index >= 15 is 0 Å². The molecule has 0 heterocycles. The van der Waals surface area contributed by atoms with Crippen molar-refractivity contribution in [3.63, 3.8) is 0 Å². The number of hydrogen-bond acceptors (Lipinski definition) is 4. The Morgan fingerprint density at radius 1 is 1.21 bits per heavy atom. The maximum absolute atomic E-state index is 12.6. The molecule has 4 aliphatic rings. The molecule has 4 fully saturated rings. The smallest absolute Gasteiger partial charge is 0.440 e. The van der Waals surface area contributed by atoms with Crippen molar-refractivity contribution in [2.75, 3.05) is 13.6 Å². The largest absolute Gasteiger partial charge is 0.490 e. The van der Waals surface area contributed by atoms with Crippen LogP contribution in [0.5, 0.6) is 0 Å². The molecule has 0 saturated heterocycles. The first kappa shape index (κ1) is 18.0. The quantitative estimate of drug-likeness (QED) is 0.592. The van der Waals surface area contributed by atoms with Crippen LogP contribution in [0.15, 0.2) is 0 Å². The van der Waals surface area contributed by atoms with Crippen molar-refractivity contribution in [1.29, 1.82) is 0 Å². The van der Waals surface area contributed by atoms with E-state index < -0.39 is 18.4 Å². The minimum Gasteiger partial charge on any atom is -0.440 e. The number of ether oxygens (including phenoxy) is 1. The monoisotopic (exact) mass is 348 g/mol. The summed E-state index contributed by atoms with van der Waals surface area (Å²) < 4.78 is 42.8. The Bertz CT molecular complexity index is 446. The third kappa shape index (κ3) is 3.43. The average Bonchev–Trinajstić information content (AvgIpc) is 2.48. The number of halogens is 3. The molecule has 1 atom stereocenters. The summed E-state index contributed by atoms with van der Waals surface area (Å²) in [5.74, 6) is -0.0763. The van der Waals surface area contributed by atoms with Crippen LogP contribution in [0.1, 0.15) is 51.4 Å². The third-order valence-electron chi connectivity index (χ3n) is 6.32. The van der Waals surface area contributed by atoms with Crippen molar-refractivity contribution >= 4 is 5.97 Å². The number of nitrogens with two attached hydrogens (primary N) is 1. The standard InChI is InChI=1S/C17H27F3N2O2/c1-22(14(3-2-4-21)24-15(23)17(18,19)20)16-8-11-5-12(9-16)7-13(6-11)10-16/h11-14H,2-10,21H2,1H3. The summed E-state index contributed by atoms with van der Waals surface area (Å²) in [6, 6.07) is 0. The SMILES string of the molecule is CN(C(CCCN)OC(=O)C(F)(F)F)C12CC3CC(CC(C3)C1)C2. The normalized spacial score (nSPS) is 36.2. The van der Waals surface area contributed by atoms with E-state index in [1.807, 2.05) is 11.9 Å². The molecule has 4 rings (SSSR count). The molecule has 0 aromatic rings. The zero-order valence-corrected chi connectivity index (χ0v) is 14.1. The van der Waals surface area contributed by atoms with Crippen LogP contribution < -0.4 is 5.73 Å². The number of alkyl halides is 3. The van der Waals surface area contributed by atoms with Gasteiger partial charge in [0.1, 0.15) is 0 Å². The molecular formula is C17H27F3N2O2. The molecule has 4 nitrogen and oxygen atoms in total. The summed E-state index contributed by atoms with van der Waals surface area (Å²) in [5.41, 5.74) is 5.41. The molecule has 0 spiro atoms. The predicted molar refractivity (Wildman–Crippen MR) is 82.9 cm³/mol. The third-order valence-corrected chi connectivity index (χ3v) is 6.32. The molecule has 138 valence electrons. The molecule has 0 radical (unpaired) electrons. The van der Waals surface area contributed by atoms with Crippen LogP contribution in [0, 0.1) is 17.8 Å². The van der Waals surface area contributed by atoms with E-state index in [9.17, 15) is 18.0 Å². The van der Waals surface area contributed by atoms with Gasteiger partial charge < -0.3 is 10.5 Å². The Morgan fingerprint density at radius 3 is 2.12 bits per heavy atom. The highest BCUT2D eigenvalue weighted by molar-refractivity contribution is 5.75. The number of esters is 1. The van der Waals surface area contributed by atoms with Crippen molar-refractivity contribution < 1.29 is 22.7 Å². The highest BCUT2D eigenvalue weighted by Gasteiger charge is 2.54. The first-order chi connectivity index (χ1) is 11.2. The van der Waals surface area contributed by atoms with Gasteiger partial charge in [0, 0.05) is 5.54 Å². The fraction of sp³-hybridized carbons (Fsp3) is 0.941. The van der Waals surface area contributed by atoms with E-state index in [4.69, 9.17) is 10.5 Å². The van der Waals surface area contributed by atoms with Crippen molar-refractivity contribution in [1.82, 2.24) is 4.90 Å². The van der Waals surface area contributed by atoms with Crippen LogP contribution in [-0.2, 0) is 9.53 Å². The van der Waals surface area contributed by atoms with Crippen molar-refractivity contribution in [3.8, 4) is 0 Å². The van der Waals surface area contributed by atoms with E-state index in [0.29, 0.717) is 37.1 Å². The second kappa shape index (κ2) is 6.48. The van der Waals surface area contributed by atoms with Crippen LogP contribution in [0.2, 0.25) is 0 Å². The average molecular weight is 348 g/mol. The van der Waals surface area contributed by atoms with E-state index in [0.717, 1.165) is 19.3 Å². The maximum Gasteiger partial charge on any atom is 0.490 e. The fourth-order valence-corrected chi connectivity index (χ4v) is 5.62. The Morgan fingerprint density at radius 2 is 1.71 bits per heavy atom. The van der Waals surface area contributed by atoms with Crippen LogP contribution >= 0.6 is 0 Å². The van der Waals surface area contributed by atoms with Gasteiger partial charge in [-0.1, -0.05) is 0 Å². The number of rotatable bonds is 6. The highest BCUT2D eigenvalue weighted by Crippen LogP contribution is 2.58. The Kier molecular flexibility index (Phi) is 4.86. The Balaban J connectivity index is 1.75. The summed E-state index contributed by atoms with van der Waals surface area (Å²) in [4.78, 5) is 13.3. The van der Waals surface area contributed by atoms with Crippen LogP contribution in [-0.4, -0.2) is 42.4 Å². The number of carbonyl (C=O) groups excluding carboxylic acids is 1.